The van der Waals surface area contributed by atoms with Gasteiger partial charge in [-0.05, 0) is 37.3 Å². The minimum atomic E-state index is 0.675. The standard InChI is InChI=1S/C18H16N2O2S/c1-3-22-14-7-8-16-17(10-14)23-18-19-15(11-20(16)18)12-5-4-6-13(9-12)21-2/h4-11H,3H2,1-2H3. The van der Waals surface area contributed by atoms with E-state index in [1.165, 1.54) is 4.70 Å². The van der Waals surface area contributed by atoms with Crippen molar-refractivity contribution in [1.29, 1.82) is 0 Å². The van der Waals surface area contributed by atoms with Crippen LogP contribution in [0.1, 0.15) is 6.92 Å². The first-order valence-electron chi connectivity index (χ1n) is 7.47. The first-order chi connectivity index (χ1) is 11.3. The molecule has 0 bridgehead atoms. The fourth-order valence-electron chi connectivity index (χ4n) is 2.66. The smallest absolute Gasteiger partial charge is 0.195 e. The van der Waals surface area contributed by atoms with Crippen LogP contribution >= 0.6 is 11.3 Å². The van der Waals surface area contributed by atoms with Crippen LogP contribution < -0.4 is 9.47 Å². The number of thiazole rings is 1. The van der Waals surface area contributed by atoms with Gasteiger partial charge in [0.1, 0.15) is 11.5 Å². The number of nitrogens with zero attached hydrogens (tertiary/aromatic N) is 2. The number of methoxy groups -OCH3 is 1. The number of rotatable bonds is 4. The van der Waals surface area contributed by atoms with Crippen molar-refractivity contribution in [2.24, 2.45) is 0 Å². The van der Waals surface area contributed by atoms with Gasteiger partial charge in [0, 0.05) is 11.8 Å². The summed E-state index contributed by atoms with van der Waals surface area (Å²) in [5.74, 6) is 1.74. The summed E-state index contributed by atoms with van der Waals surface area (Å²) in [5.41, 5.74) is 3.15. The molecular formula is C18H16N2O2S. The first-order valence-corrected chi connectivity index (χ1v) is 8.29. The second-order valence-electron chi connectivity index (χ2n) is 5.18. The van der Waals surface area contributed by atoms with Crippen LogP contribution in [0.15, 0.2) is 48.7 Å². The maximum atomic E-state index is 5.57. The Morgan fingerprint density at radius 2 is 2.04 bits per heavy atom. The van der Waals surface area contributed by atoms with Gasteiger partial charge in [-0.3, -0.25) is 4.40 Å². The topological polar surface area (TPSA) is 35.8 Å². The molecule has 0 fully saturated rings. The molecule has 0 N–H and O–H groups in total. The van der Waals surface area contributed by atoms with Crippen LogP contribution in [0, 0.1) is 0 Å². The predicted molar refractivity (Wildman–Crippen MR) is 93.7 cm³/mol. The third-order valence-corrected chi connectivity index (χ3v) is 4.76. The van der Waals surface area contributed by atoms with Crippen molar-refractivity contribution in [3.8, 4) is 22.8 Å². The van der Waals surface area contributed by atoms with E-state index in [-0.39, 0.29) is 0 Å². The minimum absolute atomic E-state index is 0.675. The van der Waals surface area contributed by atoms with E-state index < -0.39 is 0 Å². The van der Waals surface area contributed by atoms with Crippen LogP contribution in [-0.4, -0.2) is 23.1 Å². The monoisotopic (exact) mass is 324 g/mol. The van der Waals surface area contributed by atoms with Crippen molar-refractivity contribution in [2.45, 2.75) is 6.92 Å². The molecule has 2 heterocycles. The van der Waals surface area contributed by atoms with Gasteiger partial charge in [-0.2, -0.15) is 0 Å². The lowest BCUT2D eigenvalue weighted by Crippen LogP contribution is -1.90. The second-order valence-corrected chi connectivity index (χ2v) is 6.18. The zero-order valence-corrected chi connectivity index (χ0v) is 13.8. The third-order valence-electron chi connectivity index (χ3n) is 3.74. The van der Waals surface area contributed by atoms with E-state index >= 15 is 0 Å². The Balaban J connectivity index is 1.81. The number of benzene rings is 2. The van der Waals surface area contributed by atoms with Gasteiger partial charge in [-0.25, -0.2) is 4.98 Å². The maximum absolute atomic E-state index is 5.57. The maximum Gasteiger partial charge on any atom is 0.195 e. The van der Waals surface area contributed by atoms with Crippen LogP contribution in [0.25, 0.3) is 26.4 Å². The van der Waals surface area contributed by atoms with Crippen LogP contribution in [0.4, 0.5) is 0 Å². The normalized spacial score (nSPS) is 11.2. The van der Waals surface area contributed by atoms with E-state index in [0.717, 1.165) is 33.2 Å². The number of ether oxygens (including phenoxy) is 2. The Kier molecular flexibility index (Phi) is 3.42. The van der Waals surface area contributed by atoms with Gasteiger partial charge in [-0.15, -0.1) is 0 Å². The summed E-state index contributed by atoms with van der Waals surface area (Å²) in [6.07, 6.45) is 2.07. The summed E-state index contributed by atoms with van der Waals surface area (Å²) in [4.78, 5) is 5.73. The van der Waals surface area contributed by atoms with Gasteiger partial charge in [0.2, 0.25) is 0 Å². The molecule has 23 heavy (non-hydrogen) atoms. The molecule has 0 saturated carbocycles. The number of aromatic nitrogens is 2. The largest absolute Gasteiger partial charge is 0.497 e. The Bertz CT molecular complexity index is 987. The van der Waals surface area contributed by atoms with Gasteiger partial charge in [0.05, 0.1) is 29.6 Å². The lowest BCUT2D eigenvalue weighted by molar-refractivity contribution is 0.341. The molecule has 116 valence electrons. The summed E-state index contributed by atoms with van der Waals surface area (Å²) in [5, 5.41) is 0. The summed E-state index contributed by atoms with van der Waals surface area (Å²) in [6.45, 7) is 2.67. The highest BCUT2D eigenvalue weighted by molar-refractivity contribution is 7.23. The molecule has 0 aliphatic carbocycles. The fourth-order valence-corrected chi connectivity index (χ4v) is 3.70. The lowest BCUT2D eigenvalue weighted by Gasteiger charge is -2.02. The van der Waals surface area contributed by atoms with Crippen molar-refractivity contribution in [3.63, 3.8) is 0 Å². The van der Waals surface area contributed by atoms with Crippen molar-refractivity contribution in [1.82, 2.24) is 9.38 Å². The van der Waals surface area contributed by atoms with Gasteiger partial charge in [0.25, 0.3) is 0 Å². The van der Waals surface area contributed by atoms with Crippen molar-refractivity contribution >= 4 is 26.5 Å². The molecule has 2 aromatic heterocycles. The summed E-state index contributed by atoms with van der Waals surface area (Å²) < 4.78 is 14.2. The van der Waals surface area contributed by atoms with E-state index in [4.69, 9.17) is 14.5 Å². The number of fused-ring (bicyclic) bond motifs is 3. The number of hydrogen-bond donors (Lipinski definition) is 0. The fraction of sp³-hybridized carbons (Fsp3) is 0.167. The first kappa shape index (κ1) is 14.1. The van der Waals surface area contributed by atoms with Crippen LogP contribution in [0.5, 0.6) is 11.5 Å². The Morgan fingerprint density at radius 1 is 1.13 bits per heavy atom. The molecule has 4 nitrogen and oxygen atoms in total. The highest BCUT2D eigenvalue weighted by Gasteiger charge is 2.11. The van der Waals surface area contributed by atoms with E-state index in [1.807, 2.05) is 37.3 Å². The average Bonchev–Trinajstić information content (AvgIpc) is 3.12. The number of imidazole rings is 1. The SMILES string of the molecule is CCOc1ccc2c(c1)sc1nc(-c3cccc(OC)c3)cn12. The van der Waals surface area contributed by atoms with E-state index in [9.17, 15) is 0 Å². The predicted octanol–water partition coefficient (Wildman–Crippen LogP) is 4.62. The Morgan fingerprint density at radius 3 is 2.87 bits per heavy atom. The molecule has 4 rings (SSSR count). The molecule has 0 aliphatic rings. The van der Waals surface area contributed by atoms with Crippen LogP contribution in [-0.2, 0) is 0 Å². The molecule has 0 spiro atoms. The average molecular weight is 324 g/mol. The van der Waals surface area contributed by atoms with Crippen molar-refractivity contribution < 1.29 is 9.47 Å². The molecule has 5 heteroatoms. The van der Waals surface area contributed by atoms with E-state index in [0.29, 0.717) is 6.61 Å². The van der Waals surface area contributed by atoms with Gasteiger partial charge >= 0.3 is 0 Å². The highest BCUT2D eigenvalue weighted by atomic mass is 32.1. The molecule has 0 radical (unpaired) electrons. The van der Waals surface area contributed by atoms with Crippen LogP contribution in [0.2, 0.25) is 0 Å². The Labute approximate surface area is 137 Å². The minimum Gasteiger partial charge on any atom is -0.497 e. The zero-order chi connectivity index (χ0) is 15.8. The summed E-state index contributed by atoms with van der Waals surface area (Å²) >= 11 is 1.67. The molecule has 0 aliphatic heterocycles. The quantitative estimate of drug-likeness (QED) is 0.549. The lowest BCUT2D eigenvalue weighted by atomic mass is 10.1. The highest BCUT2D eigenvalue weighted by Crippen LogP contribution is 2.32. The zero-order valence-electron chi connectivity index (χ0n) is 12.9. The second kappa shape index (κ2) is 5.59. The molecule has 0 saturated heterocycles. The van der Waals surface area contributed by atoms with Gasteiger partial charge in [0.15, 0.2) is 4.96 Å². The summed E-state index contributed by atoms with van der Waals surface area (Å²) in [6, 6.07) is 14.1. The van der Waals surface area contributed by atoms with Gasteiger partial charge in [-0.1, -0.05) is 23.5 Å². The van der Waals surface area contributed by atoms with Gasteiger partial charge < -0.3 is 9.47 Å². The molecule has 0 amide bonds. The molecule has 0 unspecified atom stereocenters. The third kappa shape index (κ3) is 2.43. The number of hydrogen-bond acceptors (Lipinski definition) is 4. The van der Waals surface area contributed by atoms with Crippen LogP contribution in [0.3, 0.4) is 0 Å². The van der Waals surface area contributed by atoms with E-state index in [1.54, 1.807) is 18.4 Å². The molecule has 2 aromatic carbocycles. The van der Waals surface area contributed by atoms with E-state index in [2.05, 4.69) is 22.7 Å². The molecular weight excluding hydrogens is 308 g/mol. The summed E-state index contributed by atoms with van der Waals surface area (Å²) in [7, 11) is 1.67. The Hall–Kier alpha value is -2.53. The molecule has 0 atom stereocenters. The molecule has 4 aromatic rings. The van der Waals surface area contributed by atoms with Crippen molar-refractivity contribution in [2.75, 3.05) is 13.7 Å². The van der Waals surface area contributed by atoms with Crippen molar-refractivity contribution in [3.05, 3.63) is 48.7 Å².